The summed E-state index contributed by atoms with van der Waals surface area (Å²) in [6.45, 7) is 2.70. The van der Waals surface area contributed by atoms with Crippen molar-refractivity contribution in [2.75, 3.05) is 13.2 Å². The Morgan fingerprint density at radius 3 is 2.85 bits per heavy atom. The van der Waals surface area contributed by atoms with Crippen LogP contribution >= 0.6 is 15.9 Å². The number of H-pyrrole nitrogens is 1. The van der Waals surface area contributed by atoms with E-state index >= 15 is 0 Å². The molecule has 3 rings (SSSR count). The zero-order chi connectivity index (χ0) is 24.3. The van der Waals surface area contributed by atoms with E-state index in [1.165, 1.54) is 19.2 Å². The van der Waals surface area contributed by atoms with Crippen LogP contribution in [0, 0.1) is 17.0 Å². The third-order valence-electron chi connectivity index (χ3n) is 5.20. The number of carbonyl (C=O) groups is 1. The number of halogens is 1. The predicted molar refractivity (Wildman–Crippen MR) is 117 cm³/mol. The highest BCUT2D eigenvalue weighted by atomic mass is 79.9. The average molecular weight is 528 g/mol. The van der Waals surface area contributed by atoms with Crippen LogP contribution < -0.4 is 11.2 Å². The molecule has 1 aromatic carbocycles. The molecule has 2 N–H and O–H groups in total. The number of nitrogens with zero attached hydrogens (tertiary/aromatic N) is 2. The van der Waals surface area contributed by atoms with E-state index in [2.05, 4.69) is 20.9 Å². The van der Waals surface area contributed by atoms with E-state index in [1.54, 1.807) is 19.1 Å². The molecular weight excluding hydrogens is 506 g/mol. The summed E-state index contributed by atoms with van der Waals surface area (Å²) in [7, 11) is 0. The Labute approximate surface area is 195 Å². The van der Waals surface area contributed by atoms with Crippen molar-refractivity contribution >= 4 is 27.8 Å². The van der Waals surface area contributed by atoms with Gasteiger partial charge >= 0.3 is 11.8 Å². The smallest absolute Gasteiger partial charge is 0.434 e. The van der Waals surface area contributed by atoms with Crippen molar-refractivity contribution in [1.82, 2.24) is 9.55 Å². The van der Waals surface area contributed by atoms with Gasteiger partial charge in [0.15, 0.2) is 0 Å². The van der Waals surface area contributed by atoms with Gasteiger partial charge in [0.1, 0.15) is 25.5 Å². The predicted octanol–water partition coefficient (Wildman–Crippen LogP) is 2.12. The molecule has 178 valence electrons. The van der Waals surface area contributed by atoms with Crippen LogP contribution in [0.15, 0.2) is 38.5 Å². The molecule has 0 spiro atoms. The second-order valence-corrected chi connectivity index (χ2v) is 8.56. The maximum absolute atomic E-state index is 12.0. The lowest BCUT2D eigenvalue weighted by molar-refractivity contribution is -0.385. The average Bonchev–Trinajstić information content (AvgIpc) is 3.13. The molecule has 33 heavy (non-hydrogen) atoms. The van der Waals surface area contributed by atoms with Crippen molar-refractivity contribution in [3.05, 3.63) is 70.9 Å². The summed E-state index contributed by atoms with van der Waals surface area (Å²) in [6, 6.07) is 4.60. The number of nitro groups is 1. The molecule has 1 aliphatic heterocycles. The molecule has 12 nitrogen and oxygen atoms in total. The second kappa shape index (κ2) is 10.3. The Hall–Kier alpha value is -3.03. The minimum atomic E-state index is -1.03. The molecule has 0 amide bonds. The number of hydrogen-bond acceptors (Lipinski definition) is 9. The van der Waals surface area contributed by atoms with Crippen LogP contribution in [0.3, 0.4) is 0 Å². The molecule has 0 bridgehead atoms. The number of hydrogen-bond donors (Lipinski definition) is 2. The number of nitrogens with one attached hydrogen (secondary N) is 1. The number of ether oxygens (including phenoxy) is 3. The zero-order valence-electron chi connectivity index (χ0n) is 17.7. The fourth-order valence-electron chi connectivity index (χ4n) is 3.40. The molecule has 13 heteroatoms. The first-order chi connectivity index (χ1) is 15.6. The normalized spacial score (nSPS) is 20.9. The van der Waals surface area contributed by atoms with E-state index in [0.29, 0.717) is 15.6 Å². The van der Waals surface area contributed by atoms with Crippen molar-refractivity contribution in [3.8, 4) is 0 Å². The molecule has 1 fully saturated rings. The first-order valence-corrected chi connectivity index (χ1v) is 10.7. The monoisotopic (exact) mass is 527 g/mol. The fourth-order valence-corrected chi connectivity index (χ4v) is 3.75. The summed E-state index contributed by atoms with van der Waals surface area (Å²) >= 11 is 3.19. The van der Waals surface area contributed by atoms with E-state index in [1.807, 2.05) is 0 Å². The molecular formula is C20H22BrN3O9. The molecule has 0 radical (unpaired) electrons. The third kappa shape index (κ3) is 5.86. The van der Waals surface area contributed by atoms with Gasteiger partial charge in [-0.3, -0.25) is 24.5 Å². The summed E-state index contributed by atoms with van der Waals surface area (Å²) in [5, 5.41) is 21.5. The number of aromatic nitrogens is 2. The Morgan fingerprint density at radius 1 is 1.42 bits per heavy atom. The summed E-state index contributed by atoms with van der Waals surface area (Å²) in [4.78, 5) is 48.4. The van der Waals surface area contributed by atoms with E-state index in [4.69, 9.17) is 14.2 Å². The minimum Gasteiger partial charge on any atom is -0.434 e. The SMILES string of the molecule is Cc1cn([C@H]2C[C@H](O)[C@@H](COC(=O)OCC(C)c3ccc(Br)cc3[N+](=O)[O-])O2)c(=O)[nH]c1=O. The third-order valence-corrected chi connectivity index (χ3v) is 5.69. The number of rotatable bonds is 7. The van der Waals surface area contributed by atoms with E-state index in [-0.39, 0.29) is 25.3 Å². The Morgan fingerprint density at radius 2 is 2.15 bits per heavy atom. The van der Waals surface area contributed by atoms with E-state index < -0.39 is 46.7 Å². The Kier molecular flexibility index (Phi) is 7.66. The van der Waals surface area contributed by atoms with Crippen molar-refractivity contribution in [1.29, 1.82) is 0 Å². The maximum Gasteiger partial charge on any atom is 0.508 e. The van der Waals surface area contributed by atoms with Crippen LogP contribution in [0.1, 0.15) is 36.6 Å². The summed E-state index contributed by atoms with van der Waals surface area (Å²) in [6.07, 6.45) is -2.42. The maximum atomic E-state index is 12.0. The lowest BCUT2D eigenvalue weighted by atomic mass is 10.0. The highest BCUT2D eigenvalue weighted by molar-refractivity contribution is 9.10. The van der Waals surface area contributed by atoms with Gasteiger partial charge in [-0.05, 0) is 13.0 Å². The van der Waals surface area contributed by atoms with Gasteiger partial charge in [0.25, 0.3) is 11.2 Å². The molecule has 0 aliphatic carbocycles. The number of aliphatic hydroxyl groups excluding tert-OH is 1. The van der Waals surface area contributed by atoms with E-state index in [0.717, 1.165) is 4.57 Å². The molecule has 4 atom stereocenters. The van der Waals surface area contributed by atoms with Crippen LogP contribution in [-0.2, 0) is 14.2 Å². The Bertz CT molecular complexity index is 1160. The van der Waals surface area contributed by atoms with Crippen LogP contribution in [0.5, 0.6) is 0 Å². The first kappa shape index (κ1) is 24.6. The van der Waals surface area contributed by atoms with Gasteiger partial charge in [-0.15, -0.1) is 0 Å². The molecule has 0 saturated carbocycles. The van der Waals surface area contributed by atoms with Crippen molar-refractivity contribution in [2.45, 2.75) is 44.6 Å². The largest absolute Gasteiger partial charge is 0.508 e. The highest BCUT2D eigenvalue weighted by Gasteiger charge is 2.36. The lowest BCUT2D eigenvalue weighted by Crippen LogP contribution is -2.33. The number of aromatic amines is 1. The van der Waals surface area contributed by atoms with Gasteiger partial charge in [0, 0.05) is 40.2 Å². The minimum absolute atomic E-state index is 0.0543. The number of benzene rings is 1. The van der Waals surface area contributed by atoms with Gasteiger partial charge in [0.2, 0.25) is 0 Å². The quantitative estimate of drug-likeness (QED) is 0.311. The van der Waals surface area contributed by atoms with Crippen LogP contribution in [-0.4, -0.2) is 51.2 Å². The number of aliphatic hydroxyl groups is 1. The summed E-state index contributed by atoms with van der Waals surface area (Å²) in [5.41, 5.74) is -0.596. The van der Waals surface area contributed by atoms with Crippen LogP contribution in [0.25, 0.3) is 0 Å². The molecule has 2 heterocycles. The van der Waals surface area contributed by atoms with Gasteiger partial charge in [-0.2, -0.15) is 0 Å². The van der Waals surface area contributed by atoms with Crippen molar-refractivity contribution in [2.24, 2.45) is 0 Å². The molecule has 1 aromatic heterocycles. The molecule has 1 aliphatic rings. The number of aryl methyl sites for hydroxylation is 1. The van der Waals surface area contributed by atoms with Crippen molar-refractivity contribution < 1.29 is 29.0 Å². The first-order valence-electron chi connectivity index (χ1n) is 9.95. The van der Waals surface area contributed by atoms with Gasteiger partial charge in [-0.25, -0.2) is 9.59 Å². The summed E-state index contributed by atoms with van der Waals surface area (Å²) < 4.78 is 17.4. The van der Waals surface area contributed by atoms with E-state index in [9.17, 15) is 29.6 Å². The molecule has 2 aromatic rings. The fraction of sp³-hybridized carbons (Fsp3) is 0.450. The molecule has 1 saturated heterocycles. The topological polar surface area (TPSA) is 163 Å². The van der Waals surface area contributed by atoms with Crippen LogP contribution in [0.4, 0.5) is 10.5 Å². The lowest BCUT2D eigenvalue weighted by Gasteiger charge is -2.17. The van der Waals surface area contributed by atoms with Gasteiger partial charge in [0.05, 0.1) is 11.0 Å². The Balaban J connectivity index is 1.53. The van der Waals surface area contributed by atoms with Crippen LogP contribution in [0.2, 0.25) is 0 Å². The second-order valence-electron chi connectivity index (χ2n) is 7.64. The standard InChI is InChI=1S/C20H22BrN3O9/c1-10-7-23(19(27)22-18(10)26)17-6-15(25)16(33-17)9-32-20(28)31-8-11(2)13-4-3-12(21)5-14(13)24(29)30/h3-5,7,11,15-17,25H,6,8-9H2,1-2H3,(H,22,26,27)/t11?,15-,16+,17+/m0/s1. The van der Waals surface area contributed by atoms with Gasteiger partial charge in [-0.1, -0.05) is 28.9 Å². The molecule has 1 unspecified atom stereocenters. The number of nitro benzene ring substituents is 1. The highest BCUT2D eigenvalue weighted by Crippen LogP contribution is 2.30. The van der Waals surface area contributed by atoms with Crippen molar-refractivity contribution in [3.63, 3.8) is 0 Å². The zero-order valence-corrected chi connectivity index (χ0v) is 19.3. The van der Waals surface area contributed by atoms with Gasteiger partial charge < -0.3 is 19.3 Å². The summed E-state index contributed by atoms with van der Waals surface area (Å²) in [5.74, 6) is -0.473. The number of carbonyl (C=O) groups excluding carboxylic acids is 1.